The first-order chi connectivity index (χ1) is 9.19. The number of pyridine rings is 1. The lowest BCUT2D eigenvalue weighted by Crippen LogP contribution is -2.42. The molecule has 2 rings (SSSR count). The Morgan fingerprint density at radius 3 is 2.95 bits per heavy atom. The molecule has 3 unspecified atom stereocenters. The van der Waals surface area contributed by atoms with Crippen molar-refractivity contribution < 1.29 is 0 Å². The van der Waals surface area contributed by atoms with Crippen molar-refractivity contribution in [2.24, 2.45) is 5.92 Å². The van der Waals surface area contributed by atoms with Crippen LogP contribution < -0.4 is 5.32 Å². The summed E-state index contributed by atoms with van der Waals surface area (Å²) in [6, 6.07) is 4.84. The Morgan fingerprint density at radius 2 is 2.26 bits per heavy atom. The third-order valence-corrected chi connectivity index (χ3v) is 5.46. The van der Waals surface area contributed by atoms with Gasteiger partial charge in [0.15, 0.2) is 0 Å². The van der Waals surface area contributed by atoms with Crippen LogP contribution in [0, 0.1) is 5.92 Å². The van der Waals surface area contributed by atoms with Gasteiger partial charge in [0.2, 0.25) is 0 Å². The number of thioether (sulfide) groups is 1. The molecule has 1 aromatic heterocycles. The lowest BCUT2D eigenvalue weighted by molar-refractivity contribution is 0.317. The number of rotatable bonds is 5. The van der Waals surface area contributed by atoms with Crippen LogP contribution in [0.4, 0.5) is 0 Å². The van der Waals surface area contributed by atoms with Gasteiger partial charge in [0.25, 0.3) is 0 Å². The van der Waals surface area contributed by atoms with Crippen LogP contribution in [0.2, 0.25) is 0 Å². The molecule has 19 heavy (non-hydrogen) atoms. The van der Waals surface area contributed by atoms with Gasteiger partial charge in [-0.05, 0) is 66.2 Å². The van der Waals surface area contributed by atoms with Crippen molar-refractivity contribution in [1.82, 2.24) is 10.3 Å². The van der Waals surface area contributed by atoms with E-state index in [2.05, 4.69) is 52.2 Å². The first-order valence-electron chi connectivity index (χ1n) is 7.20. The number of nitrogens with one attached hydrogen (secondary N) is 1. The summed E-state index contributed by atoms with van der Waals surface area (Å²) < 4.78 is 1.05. The summed E-state index contributed by atoms with van der Waals surface area (Å²) in [5.74, 6) is 0.840. The fraction of sp³-hybridized carbons (Fsp3) is 0.667. The maximum absolute atomic E-state index is 4.50. The van der Waals surface area contributed by atoms with E-state index in [9.17, 15) is 0 Å². The van der Waals surface area contributed by atoms with Crippen LogP contribution in [0.5, 0.6) is 0 Å². The van der Waals surface area contributed by atoms with Gasteiger partial charge in [0.1, 0.15) is 0 Å². The second-order valence-electron chi connectivity index (χ2n) is 5.45. The van der Waals surface area contributed by atoms with Gasteiger partial charge in [-0.2, -0.15) is 0 Å². The molecule has 0 spiro atoms. The highest BCUT2D eigenvalue weighted by Crippen LogP contribution is 2.35. The van der Waals surface area contributed by atoms with Crippen molar-refractivity contribution in [3.63, 3.8) is 0 Å². The quantitative estimate of drug-likeness (QED) is 0.852. The average molecular weight is 343 g/mol. The van der Waals surface area contributed by atoms with Gasteiger partial charge in [-0.15, -0.1) is 11.8 Å². The van der Waals surface area contributed by atoms with Gasteiger partial charge < -0.3 is 5.32 Å². The minimum atomic E-state index is 0.645. The lowest BCUT2D eigenvalue weighted by Gasteiger charge is -2.35. The monoisotopic (exact) mass is 342 g/mol. The SMILES string of the molecule is CCCNC1CCC(C)CC1Sc1ccc(Br)cn1. The fourth-order valence-corrected chi connectivity index (χ4v) is 4.24. The number of nitrogens with zero attached hydrogens (tertiary/aromatic N) is 1. The van der Waals surface area contributed by atoms with E-state index in [1.54, 1.807) is 0 Å². The van der Waals surface area contributed by atoms with Crippen molar-refractivity contribution in [2.75, 3.05) is 6.54 Å². The van der Waals surface area contributed by atoms with E-state index in [1.807, 2.05) is 18.0 Å². The molecule has 0 radical (unpaired) electrons. The third kappa shape index (κ3) is 4.76. The normalized spacial score (nSPS) is 27.4. The highest BCUT2D eigenvalue weighted by Gasteiger charge is 2.29. The summed E-state index contributed by atoms with van der Waals surface area (Å²) in [6.45, 7) is 5.74. The van der Waals surface area contributed by atoms with E-state index in [0.29, 0.717) is 11.3 Å². The van der Waals surface area contributed by atoms with Gasteiger partial charge >= 0.3 is 0 Å². The molecule has 0 bridgehead atoms. The zero-order chi connectivity index (χ0) is 13.7. The molecule has 4 heteroatoms. The van der Waals surface area contributed by atoms with Crippen molar-refractivity contribution in [3.05, 3.63) is 22.8 Å². The summed E-state index contributed by atoms with van der Waals surface area (Å²) in [6.07, 6.45) is 7.05. The largest absolute Gasteiger partial charge is 0.313 e. The smallest absolute Gasteiger partial charge is 0.0963 e. The van der Waals surface area contributed by atoms with Crippen molar-refractivity contribution in [1.29, 1.82) is 0 Å². The van der Waals surface area contributed by atoms with Crippen LogP contribution in [0.1, 0.15) is 39.5 Å². The molecule has 1 saturated carbocycles. The molecule has 106 valence electrons. The molecule has 1 N–H and O–H groups in total. The number of aromatic nitrogens is 1. The molecule has 0 aromatic carbocycles. The van der Waals surface area contributed by atoms with E-state index in [-0.39, 0.29) is 0 Å². The van der Waals surface area contributed by atoms with Crippen molar-refractivity contribution in [3.8, 4) is 0 Å². The Balaban J connectivity index is 1.98. The molecular formula is C15H23BrN2S. The van der Waals surface area contributed by atoms with Crippen molar-refractivity contribution in [2.45, 2.75) is 55.8 Å². The van der Waals surface area contributed by atoms with Crippen LogP contribution in [-0.4, -0.2) is 22.8 Å². The molecule has 0 aliphatic heterocycles. The van der Waals surface area contributed by atoms with Crippen molar-refractivity contribution >= 4 is 27.7 Å². The van der Waals surface area contributed by atoms with Crippen LogP contribution >= 0.6 is 27.7 Å². The third-order valence-electron chi connectivity index (χ3n) is 3.68. The second kappa shape index (κ2) is 7.65. The summed E-state index contributed by atoms with van der Waals surface area (Å²) in [7, 11) is 0. The zero-order valence-electron chi connectivity index (χ0n) is 11.7. The van der Waals surface area contributed by atoms with Crippen LogP contribution in [-0.2, 0) is 0 Å². The topological polar surface area (TPSA) is 24.9 Å². The van der Waals surface area contributed by atoms with Crippen LogP contribution in [0.25, 0.3) is 0 Å². The molecule has 0 saturated heterocycles. The van der Waals surface area contributed by atoms with E-state index in [1.165, 1.54) is 25.7 Å². The molecular weight excluding hydrogens is 320 g/mol. The molecule has 1 aliphatic rings. The van der Waals surface area contributed by atoms with Gasteiger partial charge in [-0.3, -0.25) is 0 Å². The van der Waals surface area contributed by atoms with Crippen LogP contribution in [0.3, 0.4) is 0 Å². The van der Waals surface area contributed by atoms with E-state index >= 15 is 0 Å². The lowest BCUT2D eigenvalue weighted by atomic mass is 9.87. The Bertz CT molecular complexity index is 380. The van der Waals surface area contributed by atoms with E-state index < -0.39 is 0 Å². The van der Waals surface area contributed by atoms with E-state index in [0.717, 1.165) is 22.0 Å². The van der Waals surface area contributed by atoms with Gasteiger partial charge in [-0.25, -0.2) is 4.98 Å². The summed E-state index contributed by atoms with van der Waals surface area (Å²) in [5, 5.41) is 5.52. The first-order valence-corrected chi connectivity index (χ1v) is 8.88. The zero-order valence-corrected chi connectivity index (χ0v) is 14.1. The molecule has 1 fully saturated rings. The fourth-order valence-electron chi connectivity index (χ4n) is 2.61. The Kier molecular flexibility index (Phi) is 6.17. The van der Waals surface area contributed by atoms with Crippen LogP contribution in [0.15, 0.2) is 27.8 Å². The molecule has 0 amide bonds. The molecule has 1 aliphatic carbocycles. The molecule has 1 aromatic rings. The summed E-state index contributed by atoms with van der Waals surface area (Å²) >= 11 is 5.38. The maximum atomic E-state index is 4.50. The van der Waals surface area contributed by atoms with Gasteiger partial charge in [-0.1, -0.05) is 13.8 Å². The van der Waals surface area contributed by atoms with E-state index in [4.69, 9.17) is 0 Å². The Hall–Kier alpha value is -0.0600. The van der Waals surface area contributed by atoms with Gasteiger partial charge in [0, 0.05) is 22.0 Å². The number of hydrogen-bond donors (Lipinski definition) is 1. The van der Waals surface area contributed by atoms with Gasteiger partial charge in [0.05, 0.1) is 5.03 Å². The minimum absolute atomic E-state index is 0.645. The standard InChI is InChI=1S/C15H23BrN2S/c1-3-8-17-13-6-4-11(2)9-14(13)19-15-7-5-12(16)10-18-15/h5,7,10-11,13-14,17H,3-4,6,8-9H2,1-2H3. The first kappa shape index (κ1) is 15.3. The number of halogens is 1. The molecule has 2 nitrogen and oxygen atoms in total. The highest BCUT2D eigenvalue weighted by molar-refractivity contribution is 9.10. The summed E-state index contributed by atoms with van der Waals surface area (Å²) in [4.78, 5) is 4.50. The predicted octanol–water partition coefficient (Wildman–Crippen LogP) is 4.49. The predicted molar refractivity (Wildman–Crippen MR) is 86.7 cm³/mol. The molecule has 1 heterocycles. The Labute approximate surface area is 129 Å². The number of hydrogen-bond acceptors (Lipinski definition) is 3. The Morgan fingerprint density at radius 1 is 1.42 bits per heavy atom. The molecule has 3 atom stereocenters. The minimum Gasteiger partial charge on any atom is -0.313 e. The average Bonchev–Trinajstić information content (AvgIpc) is 2.40. The summed E-state index contributed by atoms with van der Waals surface area (Å²) in [5.41, 5.74) is 0. The second-order valence-corrected chi connectivity index (χ2v) is 7.62. The maximum Gasteiger partial charge on any atom is 0.0963 e. The highest BCUT2D eigenvalue weighted by atomic mass is 79.9.